The van der Waals surface area contributed by atoms with Crippen molar-refractivity contribution in [1.82, 2.24) is 0 Å². The van der Waals surface area contributed by atoms with Crippen molar-refractivity contribution < 1.29 is 80.9 Å². The normalized spacial score (nSPS) is 20.7. The summed E-state index contributed by atoms with van der Waals surface area (Å²) >= 11 is 0. The first-order valence-corrected chi connectivity index (χ1v) is 35.0. The molecule has 0 spiro atoms. The average Bonchev–Trinajstić information content (AvgIpc) is 1.69. The molecule has 14 atom stereocenters. The second-order valence-electron chi connectivity index (χ2n) is 25.5. The van der Waals surface area contributed by atoms with Crippen LogP contribution in [-0.2, 0) is 110 Å². The summed E-state index contributed by atoms with van der Waals surface area (Å²) in [5.41, 5.74) is 7.82. The van der Waals surface area contributed by atoms with Crippen molar-refractivity contribution >= 4 is 21.5 Å². The molecule has 0 aliphatic carbocycles. The Hall–Kier alpha value is -8.02. The summed E-state index contributed by atoms with van der Waals surface area (Å²) in [5.74, 6) is 0. The number of ether oxygens (including phenoxy) is 12. The Kier molecular flexibility index (Phi) is 29.6. The Morgan fingerprint density at radius 3 is 0.912 bits per heavy atom. The van der Waals surface area contributed by atoms with Gasteiger partial charge in [-0.15, -0.1) is 0 Å². The SMILES string of the molecule is CC[C@H]1O[C@@H](OCC(OCc2ccccc2)C(OCc2ccccc2)C(COCc2ccc3ccccc3c2)OCc2ccccc2)[C@@H](F)C1O.OC[C@H]1O[C@@H](OCC(OCc2ccccc2)C(OCc2ccccc2)C(COCc2ccc3ccccc3c2)OCc2ccccc2)[C@@H](F)C1O. The number of aliphatic hydroxyl groups excluding tert-OH is 3. The standard InChI is InChI=1S/C43H47FO7.C42H45FO8/c1-2-37-41(45)40(44)43(51-37)50-30-39(48-27-32-16-8-4-9-17-32)42(49-28-33-18-10-5-11-19-33)38(47-26-31-14-6-3-7-15-31)29-46-25-34-22-23-35-20-12-13-21-36(35)24-34;43-39-40(45)36(23-44)51-42(39)50-29-38(48-26-31-14-6-2-7-15-31)41(49-27-32-16-8-3-9-17-32)37(47-25-30-12-4-1-5-13-30)28-46-24-33-20-21-34-18-10-11-19-35(34)22-33/h3-24,37-43,45H,2,25-30H2,1H3;1-22,36-42,44-45H,23-29H2/t37-,38?,39?,40+,41?,42?,43-;36-,37?,38?,39+,40?,41?,42-/m11/s1. The van der Waals surface area contributed by atoms with E-state index in [4.69, 9.17) is 56.8 Å². The molecule has 2 aliphatic heterocycles. The zero-order valence-corrected chi connectivity index (χ0v) is 57.4. The molecule has 0 radical (unpaired) electrons. The molecule has 2 fully saturated rings. The van der Waals surface area contributed by atoms with E-state index in [-0.39, 0.29) is 59.5 Å². The van der Waals surface area contributed by atoms with Crippen LogP contribution in [-0.4, -0.2) is 134 Å². The zero-order chi connectivity index (χ0) is 70.5. The van der Waals surface area contributed by atoms with Crippen molar-refractivity contribution in [1.29, 1.82) is 0 Å². The third-order valence-corrected chi connectivity index (χ3v) is 18.0. The third kappa shape index (κ3) is 22.5. The highest BCUT2D eigenvalue weighted by Gasteiger charge is 2.47. The van der Waals surface area contributed by atoms with Gasteiger partial charge in [0.05, 0.1) is 92.0 Å². The molecule has 3 N–H and O–H groups in total. The lowest BCUT2D eigenvalue weighted by Crippen LogP contribution is -2.48. The molecule has 10 aromatic carbocycles. The number of hydrogen-bond acceptors (Lipinski definition) is 15. The van der Waals surface area contributed by atoms with Crippen molar-refractivity contribution in [2.75, 3.05) is 33.0 Å². The number of halogens is 2. The van der Waals surface area contributed by atoms with Crippen LogP contribution in [0.4, 0.5) is 8.78 Å². The molecular weight excluding hydrogens is 1300 g/mol. The summed E-state index contributed by atoms with van der Waals surface area (Å²) in [6, 6.07) is 87.8. The topological polar surface area (TPSA) is 171 Å². The minimum absolute atomic E-state index is 0.0730. The van der Waals surface area contributed by atoms with Crippen molar-refractivity contribution in [3.63, 3.8) is 0 Å². The van der Waals surface area contributed by atoms with Gasteiger partial charge in [0, 0.05) is 0 Å². The maximum absolute atomic E-state index is 15.2. The van der Waals surface area contributed by atoms with Gasteiger partial charge in [-0.05, 0) is 84.6 Å². The minimum Gasteiger partial charge on any atom is -0.394 e. The van der Waals surface area contributed by atoms with Gasteiger partial charge in [-0.25, -0.2) is 8.78 Å². The quantitative estimate of drug-likeness (QED) is 0.0334. The molecule has 536 valence electrons. The van der Waals surface area contributed by atoms with Crippen molar-refractivity contribution in [2.45, 2.75) is 152 Å². The molecule has 2 heterocycles. The Morgan fingerprint density at radius 1 is 0.324 bits per heavy atom. The first-order chi connectivity index (χ1) is 50.1. The van der Waals surface area contributed by atoms with E-state index in [1.807, 2.05) is 219 Å². The Morgan fingerprint density at radius 2 is 0.608 bits per heavy atom. The van der Waals surface area contributed by atoms with Crippen molar-refractivity contribution in [3.8, 4) is 0 Å². The Balaban J connectivity index is 0.000000205. The summed E-state index contributed by atoms with van der Waals surface area (Å²) in [6.45, 7) is 3.70. The first kappa shape index (κ1) is 75.1. The molecule has 0 aromatic heterocycles. The fourth-order valence-corrected chi connectivity index (χ4v) is 12.3. The molecule has 15 nitrogen and oxygen atoms in total. The summed E-state index contributed by atoms with van der Waals surface area (Å²) < 4.78 is 106. The smallest absolute Gasteiger partial charge is 0.192 e. The van der Waals surface area contributed by atoms with Gasteiger partial charge in [-0.3, -0.25) is 0 Å². The molecule has 17 heteroatoms. The van der Waals surface area contributed by atoms with E-state index in [9.17, 15) is 15.3 Å². The molecule has 0 bridgehead atoms. The molecule has 2 aliphatic rings. The second kappa shape index (κ2) is 40.1. The van der Waals surface area contributed by atoms with Crippen LogP contribution >= 0.6 is 0 Å². The lowest BCUT2D eigenvalue weighted by Gasteiger charge is -2.34. The number of rotatable bonds is 38. The van der Waals surface area contributed by atoms with Gasteiger partial charge in [0.25, 0.3) is 0 Å². The predicted molar refractivity (Wildman–Crippen MR) is 386 cm³/mol. The summed E-state index contributed by atoms with van der Waals surface area (Å²) in [4.78, 5) is 0. The van der Waals surface area contributed by atoms with E-state index in [0.717, 1.165) is 66.1 Å². The highest BCUT2D eigenvalue weighted by molar-refractivity contribution is 5.83. The highest BCUT2D eigenvalue weighted by Crippen LogP contribution is 2.31. The lowest BCUT2D eigenvalue weighted by atomic mass is 10.1. The minimum atomic E-state index is -1.85. The summed E-state index contributed by atoms with van der Waals surface area (Å²) in [7, 11) is 0. The van der Waals surface area contributed by atoms with E-state index in [2.05, 4.69) is 54.6 Å². The molecule has 2 saturated heterocycles. The highest BCUT2D eigenvalue weighted by atomic mass is 19.1. The predicted octanol–water partition coefficient (Wildman–Crippen LogP) is 14.5. The van der Waals surface area contributed by atoms with Crippen LogP contribution in [0.5, 0.6) is 0 Å². The molecule has 12 rings (SSSR count). The van der Waals surface area contributed by atoms with Gasteiger partial charge < -0.3 is 72.2 Å². The molecule has 102 heavy (non-hydrogen) atoms. The van der Waals surface area contributed by atoms with Crippen LogP contribution in [0.25, 0.3) is 21.5 Å². The van der Waals surface area contributed by atoms with Crippen molar-refractivity contribution in [2.24, 2.45) is 0 Å². The molecule has 8 unspecified atom stereocenters. The van der Waals surface area contributed by atoms with Gasteiger partial charge in [0.1, 0.15) is 54.9 Å². The van der Waals surface area contributed by atoms with E-state index >= 15 is 8.78 Å². The number of aliphatic hydroxyl groups is 3. The molecule has 10 aromatic rings. The van der Waals surface area contributed by atoms with Gasteiger partial charge in [-0.1, -0.05) is 262 Å². The maximum atomic E-state index is 15.2. The Labute approximate surface area is 596 Å². The van der Waals surface area contributed by atoms with Crippen molar-refractivity contribution in [3.05, 3.63) is 311 Å². The molecule has 0 saturated carbocycles. The van der Waals surface area contributed by atoms with Gasteiger partial charge in [0.15, 0.2) is 24.9 Å². The van der Waals surface area contributed by atoms with Crippen LogP contribution in [0, 0.1) is 0 Å². The number of alkyl halides is 2. The van der Waals surface area contributed by atoms with E-state index in [1.54, 1.807) is 0 Å². The fraction of sp³-hybridized carbons (Fsp3) is 0.341. The van der Waals surface area contributed by atoms with Crippen LogP contribution in [0.3, 0.4) is 0 Å². The second-order valence-corrected chi connectivity index (χ2v) is 25.5. The summed E-state index contributed by atoms with van der Waals surface area (Å²) in [6.07, 6.45) is -14.5. The number of fused-ring (bicyclic) bond motifs is 2. The van der Waals surface area contributed by atoms with Crippen LogP contribution in [0.1, 0.15) is 57.9 Å². The summed E-state index contributed by atoms with van der Waals surface area (Å²) in [5, 5.41) is 34.8. The van der Waals surface area contributed by atoms with E-state index < -0.39 is 92.6 Å². The fourth-order valence-electron chi connectivity index (χ4n) is 12.3. The van der Waals surface area contributed by atoms with Crippen LogP contribution < -0.4 is 0 Å². The number of benzene rings is 10. The first-order valence-electron chi connectivity index (χ1n) is 35.0. The Bertz CT molecular complexity index is 3710. The van der Waals surface area contributed by atoms with E-state index in [0.29, 0.717) is 26.2 Å². The van der Waals surface area contributed by atoms with E-state index in [1.165, 1.54) is 0 Å². The largest absolute Gasteiger partial charge is 0.394 e. The molecule has 0 amide bonds. The third-order valence-electron chi connectivity index (χ3n) is 18.0. The monoisotopic (exact) mass is 1390 g/mol. The maximum Gasteiger partial charge on any atom is 0.192 e. The van der Waals surface area contributed by atoms with Crippen LogP contribution in [0.2, 0.25) is 0 Å². The van der Waals surface area contributed by atoms with Gasteiger partial charge in [-0.2, -0.15) is 0 Å². The lowest BCUT2D eigenvalue weighted by molar-refractivity contribution is -0.213. The molecular formula is C85H92F2O15. The zero-order valence-electron chi connectivity index (χ0n) is 57.4. The number of hydrogen-bond donors (Lipinski definition) is 3. The van der Waals surface area contributed by atoms with Gasteiger partial charge in [0.2, 0.25) is 0 Å². The van der Waals surface area contributed by atoms with Gasteiger partial charge >= 0.3 is 0 Å². The van der Waals surface area contributed by atoms with Crippen LogP contribution in [0.15, 0.2) is 267 Å². The average molecular weight is 1390 g/mol.